The number of carbonyl (C=O) groups is 1. The van der Waals surface area contributed by atoms with Crippen molar-refractivity contribution in [3.05, 3.63) is 29.1 Å². The summed E-state index contributed by atoms with van der Waals surface area (Å²) in [6.07, 6.45) is 1.88. The number of sulfonamides is 1. The third-order valence-corrected chi connectivity index (χ3v) is 9.31. The van der Waals surface area contributed by atoms with Gasteiger partial charge in [0.15, 0.2) is 16.6 Å². The van der Waals surface area contributed by atoms with Crippen LogP contribution in [0.25, 0.3) is 10.2 Å². The molecule has 0 spiro atoms. The average molecular weight is 466 g/mol. The summed E-state index contributed by atoms with van der Waals surface area (Å²) in [5.74, 6) is 1.10. The van der Waals surface area contributed by atoms with Crippen LogP contribution in [0.3, 0.4) is 0 Å². The highest BCUT2D eigenvalue weighted by atomic mass is 32.2. The van der Waals surface area contributed by atoms with E-state index >= 15 is 0 Å². The highest BCUT2D eigenvalue weighted by Crippen LogP contribution is 2.38. The van der Waals surface area contributed by atoms with E-state index in [1.54, 1.807) is 12.1 Å². The normalized spacial score (nSPS) is 16.8. The molecule has 1 fully saturated rings. The van der Waals surface area contributed by atoms with Gasteiger partial charge in [0.25, 0.3) is 10.0 Å². The van der Waals surface area contributed by atoms with Crippen molar-refractivity contribution in [3.8, 4) is 11.5 Å². The number of thiazole rings is 1. The molecule has 0 saturated carbocycles. The molecule has 3 aromatic rings. The Bertz CT molecular complexity index is 1170. The Labute approximate surface area is 181 Å². The quantitative estimate of drug-likeness (QED) is 0.622. The molecule has 1 N–H and O–H groups in total. The van der Waals surface area contributed by atoms with E-state index in [1.165, 1.54) is 15.6 Å². The Morgan fingerprint density at radius 2 is 1.83 bits per heavy atom. The molecule has 30 heavy (non-hydrogen) atoms. The van der Waals surface area contributed by atoms with Gasteiger partial charge in [0.05, 0.1) is 16.6 Å². The van der Waals surface area contributed by atoms with E-state index in [-0.39, 0.29) is 16.5 Å². The Kier molecular flexibility index (Phi) is 5.13. The molecule has 0 radical (unpaired) electrons. The van der Waals surface area contributed by atoms with Gasteiger partial charge in [-0.05, 0) is 25.0 Å². The van der Waals surface area contributed by atoms with Gasteiger partial charge in [0.2, 0.25) is 5.91 Å². The van der Waals surface area contributed by atoms with Crippen LogP contribution in [0.15, 0.2) is 28.5 Å². The van der Waals surface area contributed by atoms with E-state index in [9.17, 15) is 13.2 Å². The predicted octanol–water partition coefficient (Wildman–Crippen LogP) is 3.09. The van der Waals surface area contributed by atoms with Crippen LogP contribution in [-0.4, -0.2) is 49.9 Å². The lowest BCUT2D eigenvalue weighted by Gasteiger charge is -2.17. The molecule has 5 rings (SSSR count). The summed E-state index contributed by atoms with van der Waals surface area (Å²) in [4.78, 5) is 17.6. The molecule has 1 amide bonds. The number of fused-ring (bicyclic) bond motifs is 2. The second-order valence-electron chi connectivity index (χ2n) is 7.04. The molecule has 158 valence electrons. The highest BCUT2D eigenvalue weighted by Gasteiger charge is 2.28. The molecule has 0 aliphatic carbocycles. The first-order valence-corrected chi connectivity index (χ1v) is 12.7. The topological polar surface area (TPSA) is 97.8 Å². The molecule has 2 aliphatic heterocycles. The van der Waals surface area contributed by atoms with Crippen LogP contribution in [0.5, 0.6) is 11.5 Å². The number of carbonyl (C=O) groups excluding carboxylic acids is 1. The third kappa shape index (κ3) is 3.78. The molecule has 1 aromatic carbocycles. The fraction of sp³-hybridized carbons (Fsp3) is 0.368. The van der Waals surface area contributed by atoms with E-state index in [0.29, 0.717) is 47.8 Å². The van der Waals surface area contributed by atoms with Crippen molar-refractivity contribution in [2.24, 2.45) is 0 Å². The Hall–Kier alpha value is -2.21. The Balaban J connectivity index is 1.28. The smallest absolute Gasteiger partial charge is 0.252 e. The zero-order valence-corrected chi connectivity index (χ0v) is 18.4. The van der Waals surface area contributed by atoms with Gasteiger partial charge in [-0.25, -0.2) is 13.4 Å². The van der Waals surface area contributed by atoms with Gasteiger partial charge in [-0.15, -0.1) is 11.3 Å². The summed E-state index contributed by atoms with van der Waals surface area (Å²) in [5, 5.41) is 3.29. The molecule has 0 unspecified atom stereocenters. The molecule has 0 bridgehead atoms. The van der Waals surface area contributed by atoms with Gasteiger partial charge in [0, 0.05) is 30.1 Å². The molecule has 4 heterocycles. The van der Waals surface area contributed by atoms with Crippen molar-refractivity contribution in [3.63, 3.8) is 0 Å². The summed E-state index contributed by atoms with van der Waals surface area (Å²) in [6.45, 7) is 2.14. The van der Waals surface area contributed by atoms with Crippen molar-refractivity contribution < 1.29 is 22.7 Å². The maximum absolute atomic E-state index is 12.6. The van der Waals surface area contributed by atoms with Crippen LogP contribution in [0.2, 0.25) is 0 Å². The monoisotopic (exact) mass is 465 g/mol. The lowest BCUT2D eigenvalue weighted by molar-refractivity contribution is -0.115. The summed E-state index contributed by atoms with van der Waals surface area (Å²) in [7, 11) is -3.45. The number of hydrogen-bond acceptors (Lipinski definition) is 8. The molecular weight excluding hydrogens is 446 g/mol. The van der Waals surface area contributed by atoms with Crippen LogP contribution < -0.4 is 14.8 Å². The lowest BCUT2D eigenvalue weighted by atomic mass is 10.3. The minimum atomic E-state index is -3.45. The highest BCUT2D eigenvalue weighted by molar-refractivity contribution is 7.91. The predicted molar refractivity (Wildman–Crippen MR) is 115 cm³/mol. The standard InChI is InChI=1S/C19H19N3O5S3/c23-17(9-12-3-4-18(28-12)30(24,25)22-5-1-2-6-22)21-19-20-13-10-14-15(11-16(13)29-19)27-8-7-26-14/h3-4,10-11H,1-2,5-9H2,(H,20,21,23). The SMILES string of the molecule is O=C(Cc1ccc(S(=O)(=O)N2CCCC2)s1)Nc1nc2cc3c(cc2s1)OCCO3. The summed E-state index contributed by atoms with van der Waals surface area (Å²) >= 11 is 2.50. The number of nitrogens with zero attached hydrogens (tertiary/aromatic N) is 2. The van der Waals surface area contributed by atoms with Gasteiger partial charge in [0.1, 0.15) is 17.4 Å². The Morgan fingerprint density at radius 1 is 1.10 bits per heavy atom. The van der Waals surface area contributed by atoms with Crippen molar-refractivity contribution in [2.45, 2.75) is 23.5 Å². The molecule has 11 heteroatoms. The minimum absolute atomic E-state index is 0.0961. The first-order valence-electron chi connectivity index (χ1n) is 9.58. The van der Waals surface area contributed by atoms with E-state index in [4.69, 9.17) is 9.47 Å². The fourth-order valence-corrected chi connectivity index (χ4v) is 7.41. The maximum Gasteiger partial charge on any atom is 0.252 e. The zero-order valence-electron chi connectivity index (χ0n) is 15.9. The molecule has 2 aromatic heterocycles. The molecule has 2 aliphatic rings. The van der Waals surface area contributed by atoms with E-state index in [2.05, 4.69) is 10.3 Å². The first kappa shape index (κ1) is 19.7. The number of thiophene rings is 1. The van der Waals surface area contributed by atoms with E-state index in [1.807, 2.05) is 12.1 Å². The fourth-order valence-electron chi connectivity index (χ4n) is 3.49. The number of anilines is 1. The van der Waals surface area contributed by atoms with E-state index in [0.717, 1.165) is 34.4 Å². The summed E-state index contributed by atoms with van der Waals surface area (Å²) in [6, 6.07) is 6.97. The van der Waals surface area contributed by atoms with Crippen LogP contribution in [0, 0.1) is 0 Å². The number of ether oxygens (including phenoxy) is 2. The van der Waals surface area contributed by atoms with E-state index < -0.39 is 10.0 Å². The second-order valence-corrected chi connectivity index (χ2v) is 11.4. The lowest BCUT2D eigenvalue weighted by Crippen LogP contribution is -2.27. The van der Waals surface area contributed by atoms with Gasteiger partial charge < -0.3 is 14.8 Å². The number of rotatable bonds is 5. The van der Waals surface area contributed by atoms with Gasteiger partial charge in [-0.3, -0.25) is 4.79 Å². The maximum atomic E-state index is 12.6. The molecule has 8 nitrogen and oxygen atoms in total. The van der Waals surface area contributed by atoms with Crippen molar-refractivity contribution in [1.82, 2.24) is 9.29 Å². The summed E-state index contributed by atoms with van der Waals surface area (Å²) < 4.78 is 39.1. The van der Waals surface area contributed by atoms with Crippen LogP contribution in [0.4, 0.5) is 5.13 Å². The zero-order chi connectivity index (χ0) is 20.7. The third-order valence-electron chi connectivity index (χ3n) is 4.93. The van der Waals surface area contributed by atoms with Crippen LogP contribution in [0.1, 0.15) is 17.7 Å². The first-order chi connectivity index (χ1) is 14.5. The number of aromatic nitrogens is 1. The van der Waals surface area contributed by atoms with Gasteiger partial charge in [-0.1, -0.05) is 11.3 Å². The second kappa shape index (κ2) is 7.80. The molecule has 0 atom stereocenters. The van der Waals surface area contributed by atoms with Crippen molar-refractivity contribution in [1.29, 1.82) is 0 Å². The van der Waals surface area contributed by atoms with Gasteiger partial charge in [-0.2, -0.15) is 4.31 Å². The van der Waals surface area contributed by atoms with Crippen molar-refractivity contribution in [2.75, 3.05) is 31.6 Å². The number of amides is 1. The molecule has 1 saturated heterocycles. The van der Waals surface area contributed by atoms with Gasteiger partial charge >= 0.3 is 0 Å². The minimum Gasteiger partial charge on any atom is -0.486 e. The van der Waals surface area contributed by atoms with Crippen LogP contribution >= 0.6 is 22.7 Å². The molecular formula is C19H19N3O5S3. The number of nitrogens with one attached hydrogen (secondary N) is 1. The summed E-state index contributed by atoms with van der Waals surface area (Å²) in [5.41, 5.74) is 0.731. The Morgan fingerprint density at radius 3 is 2.60 bits per heavy atom. The number of benzene rings is 1. The van der Waals surface area contributed by atoms with Crippen LogP contribution in [-0.2, 0) is 21.2 Å². The largest absolute Gasteiger partial charge is 0.486 e. The average Bonchev–Trinajstić information content (AvgIpc) is 3.46. The van der Waals surface area contributed by atoms with Crippen molar-refractivity contribution >= 4 is 54.0 Å². The number of hydrogen-bond donors (Lipinski definition) is 1.